The highest BCUT2D eigenvalue weighted by molar-refractivity contribution is 8.00. The SMILES string of the molecule is CC(C)(O/N=C(\C(=O)N[C@@H]1C(=O)N2C(C(=O)[O-])=C(C[n+]3ccccc3)CS[C@H]12)c1csc(N)n1)C(=O)O.O=c1ccc2cc(O[C@@H]3O[C@H](CO)[C@@H](O)[C@H](O)[C@H]3O)c(O)cc2o1.OC[C@@H](O)[C@@H](O)[C@H](O)[C@H](O)CO. The summed E-state index contributed by atoms with van der Waals surface area (Å²) in [7, 11) is 0. The molecule has 2 fully saturated rings. The molecule has 3 aromatic heterocycles. The minimum Gasteiger partial charge on any atom is -0.543 e. The first kappa shape index (κ1) is 57.5. The summed E-state index contributed by atoms with van der Waals surface area (Å²) < 4.78 is 17.3. The van der Waals surface area contributed by atoms with Crippen molar-refractivity contribution in [3.05, 3.63) is 87.6 Å². The number of thiazole rings is 1. The molecule has 1 aromatic carbocycles. The number of phenolic OH excluding ortho intramolecular Hbond substituents is 1. The van der Waals surface area contributed by atoms with Crippen molar-refractivity contribution in [1.29, 1.82) is 0 Å². The largest absolute Gasteiger partial charge is 0.543 e. The monoisotopic (exact) mass is 1070 g/mol. The van der Waals surface area contributed by atoms with E-state index in [4.69, 9.17) is 60.2 Å². The van der Waals surface area contributed by atoms with Crippen molar-refractivity contribution in [2.75, 3.05) is 31.3 Å². The number of phenols is 1. The van der Waals surface area contributed by atoms with E-state index in [1.807, 2.05) is 6.07 Å². The van der Waals surface area contributed by atoms with Crippen molar-refractivity contribution in [1.82, 2.24) is 15.2 Å². The number of amides is 2. The van der Waals surface area contributed by atoms with Crippen LogP contribution in [-0.2, 0) is 35.3 Å². The number of aromatic nitrogens is 2. The van der Waals surface area contributed by atoms with Crippen LogP contribution < -0.4 is 31.1 Å². The van der Waals surface area contributed by atoms with E-state index in [0.29, 0.717) is 16.7 Å². The molecule has 2 amide bonds. The molecule has 0 unspecified atom stereocenters. The summed E-state index contributed by atoms with van der Waals surface area (Å²) >= 11 is 2.32. The maximum Gasteiger partial charge on any atom is 0.350 e. The van der Waals surface area contributed by atoms with Crippen LogP contribution in [0.5, 0.6) is 11.5 Å². The smallest absolute Gasteiger partial charge is 0.350 e. The summed E-state index contributed by atoms with van der Waals surface area (Å²) in [4.78, 5) is 70.8. The van der Waals surface area contributed by atoms with Crippen molar-refractivity contribution < 1.29 is 109 Å². The van der Waals surface area contributed by atoms with Crippen LogP contribution in [0.3, 0.4) is 0 Å². The maximum absolute atomic E-state index is 13.1. The second-order valence-corrected chi connectivity index (χ2v) is 18.5. The van der Waals surface area contributed by atoms with Crippen molar-refractivity contribution >= 4 is 68.7 Å². The number of hydrogen-bond donors (Lipinski definition) is 14. The van der Waals surface area contributed by atoms with Gasteiger partial charge in [-0.25, -0.2) is 19.1 Å². The lowest BCUT2D eigenvalue weighted by molar-refractivity contribution is -0.689. The van der Waals surface area contributed by atoms with Gasteiger partial charge in [0.15, 0.2) is 41.3 Å². The zero-order valence-electron chi connectivity index (χ0n) is 38.3. The number of nitrogens with one attached hydrogen (secondary N) is 1. The topological polar surface area (TPSA) is 462 Å². The molecule has 398 valence electrons. The number of carbonyl (C=O) groups excluding carboxylic acids is 3. The Bertz CT molecular complexity index is 2690. The first-order valence-electron chi connectivity index (χ1n) is 21.5. The van der Waals surface area contributed by atoms with Crippen molar-refractivity contribution in [3.8, 4) is 11.5 Å². The normalized spacial score (nSPS) is 23.5. The van der Waals surface area contributed by atoms with Crippen LogP contribution in [0, 0.1) is 0 Å². The molecule has 11 atom stereocenters. The van der Waals surface area contributed by atoms with Gasteiger partial charge in [0.1, 0.15) is 71.5 Å². The first-order chi connectivity index (χ1) is 34.4. The lowest BCUT2D eigenvalue weighted by atomic mass is 9.99. The van der Waals surface area contributed by atoms with Gasteiger partial charge in [0, 0.05) is 46.4 Å². The van der Waals surface area contributed by atoms with Gasteiger partial charge in [-0.1, -0.05) is 11.2 Å². The van der Waals surface area contributed by atoms with Crippen LogP contribution >= 0.6 is 23.1 Å². The second-order valence-electron chi connectivity index (χ2n) is 16.5. The van der Waals surface area contributed by atoms with Gasteiger partial charge >= 0.3 is 11.6 Å². The van der Waals surface area contributed by atoms with Crippen LogP contribution in [-0.4, -0.2) is 198 Å². The number of aliphatic hydroxyl groups excluding tert-OH is 10. The second kappa shape index (κ2) is 25.0. The number of aliphatic hydroxyl groups is 10. The molecule has 7 rings (SSSR count). The van der Waals surface area contributed by atoms with Gasteiger partial charge in [0.2, 0.25) is 11.9 Å². The molecular weight excluding hydrogens is 1020 g/mol. The molecule has 0 spiro atoms. The van der Waals surface area contributed by atoms with Gasteiger partial charge in [0.25, 0.3) is 11.8 Å². The highest BCUT2D eigenvalue weighted by atomic mass is 32.2. The summed E-state index contributed by atoms with van der Waals surface area (Å²) in [6.45, 7) is 0.694. The summed E-state index contributed by atoms with van der Waals surface area (Å²) in [5.74, 6) is -4.48. The Labute approximate surface area is 419 Å². The summed E-state index contributed by atoms with van der Waals surface area (Å²) in [6, 6.07) is 9.53. The highest BCUT2D eigenvalue weighted by Crippen LogP contribution is 2.40. The summed E-state index contributed by atoms with van der Waals surface area (Å²) in [6.07, 6.45) is -10.1. The van der Waals surface area contributed by atoms with Crippen LogP contribution in [0.25, 0.3) is 11.0 Å². The Morgan fingerprint density at radius 2 is 1.64 bits per heavy atom. The molecule has 3 aliphatic heterocycles. The van der Waals surface area contributed by atoms with Gasteiger partial charge in [-0.05, 0) is 26.0 Å². The molecule has 0 saturated carbocycles. The number of nitrogens with two attached hydrogens (primary N) is 1. The van der Waals surface area contributed by atoms with Gasteiger partial charge in [-0.2, -0.15) is 0 Å². The molecule has 6 heterocycles. The fourth-order valence-electron chi connectivity index (χ4n) is 6.70. The Morgan fingerprint density at radius 1 is 1.00 bits per heavy atom. The number of anilines is 1. The number of carbonyl (C=O) groups is 4. The number of pyridine rings is 1. The Hall–Kier alpha value is -6.39. The first-order valence-corrected chi connectivity index (χ1v) is 23.4. The zero-order valence-corrected chi connectivity index (χ0v) is 39.9. The van der Waals surface area contributed by atoms with Gasteiger partial charge < -0.3 is 101 Å². The van der Waals surface area contributed by atoms with E-state index in [1.165, 1.54) is 49.2 Å². The van der Waals surface area contributed by atoms with Crippen LogP contribution in [0.1, 0.15) is 19.5 Å². The number of fused-ring (bicyclic) bond motifs is 2. The van der Waals surface area contributed by atoms with Crippen LogP contribution in [0.15, 0.2) is 85.9 Å². The number of benzene rings is 1. The molecule has 30 heteroatoms. The molecule has 3 aliphatic rings. The average Bonchev–Trinajstić information content (AvgIpc) is 3.80. The van der Waals surface area contributed by atoms with E-state index in [2.05, 4.69) is 15.5 Å². The number of carboxylic acids is 2. The number of aliphatic carboxylic acids is 2. The van der Waals surface area contributed by atoms with Crippen molar-refractivity contribution in [2.24, 2.45) is 5.16 Å². The van der Waals surface area contributed by atoms with Crippen LogP contribution in [0.2, 0.25) is 0 Å². The third kappa shape index (κ3) is 13.8. The van der Waals surface area contributed by atoms with Gasteiger partial charge in [-0.15, -0.1) is 23.1 Å². The predicted molar refractivity (Wildman–Crippen MR) is 246 cm³/mol. The molecular formula is C43H52N6O22S2. The molecule has 73 heavy (non-hydrogen) atoms. The van der Waals surface area contributed by atoms with E-state index >= 15 is 0 Å². The Balaban J connectivity index is 0.000000234. The standard InChI is InChI=1S/C22H22N6O7S2.C15H16O9.C6H14O6/c1-22(2,20(33)34)35-26-13(12-10-37-21(23)24-12)16(29)25-14-17(30)28-15(19(31)32)11(9-36-18(14)28)8-27-6-4-3-5-7-27;16-5-10-12(19)13(20)14(21)15(24-10)23-9-3-6-1-2-11(18)22-8(6)4-7(9)17;7-1-3(9)5(11)6(12)4(10)2-8/h3-7,10,14,18H,8-9H2,1-2H3,(H4-,23,24,25,29,31,32,33,34);1-4,10,12-17,19-21H,5H2;3-12H,1-2H2/b26-13-;;/t14-,18-;10-,12-,13+,14-,15-;3-,4-,5-,6-/m111/s1. The molecule has 0 aliphatic carbocycles. The quantitative estimate of drug-likeness (QED) is 0.0154. The lowest BCUT2D eigenvalue weighted by Crippen LogP contribution is -2.71. The predicted octanol–water partition coefficient (Wildman–Crippen LogP) is -6.21. The molecule has 0 bridgehead atoms. The fourth-order valence-corrected chi connectivity index (χ4v) is 8.58. The summed E-state index contributed by atoms with van der Waals surface area (Å²) in [5.41, 5.74) is 3.39. The molecule has 15 N–H and O–H groups in total. The fraction of sp³-hybridized carbons (Fsp3) is 0.442. The number of rotatable bonds is 17. The molecule has 28 nitrogen and oxygen atoms in total. The Kier molecular flexibility index (Phi) is 19.7. The molecule has 4 aromatic rings. The van der Waals surface area contributed by atoms with E-state index in [-0.39, 0.29) is 45.9 Å². The van der Waals surface area contributed by atoms with Crippen LogP contribution in [0.4, 0.5) is 5.13 Å². The number of ether oxygens (including phenoxy) is 2. The minimum absolute atomic E-state index is 0.0265. The number of aromatic hydroxyl groups is 1. The maximum atomic E-state index is 13.1. The van der Waals surface area contributed by atoms with Crippen molar-refractivity contribution in [2.45, 2.75) is 92.5 Å². The average molecular weight is 1070 g/mol. The zero-order chi connectivity index (χ0) is 54.1. The Morgan fingerprint density at radius 3 is 2.21 bits per heavy atom. The number of thioether (sulfide) groups is 1. The number of oxime groups is 1. The lowest BCUT2D eigenvalue weighted by Gasteiger charge is -2.50. The third-order valence-electron chi connectivity index (χ3n) is 10.8. The number of hydrogen-bond acceptors (Lipinski definition) is 26. The minimum atomic E-state index is -1.75. The van der Waals surface area contributed by atoms with E-state index in [9.17, 15) is 54.6 Å². The third-order valence-corrected chi connectivity index (χ3v) is 12.9. The number of carboxylic acid groups (broad SMARTS) is 2. The van der Waals surface area contributed by atoms with E-state index in [1.54, 1.807) is 29.1 Å². The number of nitrogens with zero attached hydrogens (tertiary/aromatic N) is 4. The van der Waals surface area contributed by atoms with E-state index < -0.39 is 121 Å². The molecule has 0 radical (unpaired) electrons. The summed E-state index contributed by atoms with van der Waals surface area (Å²) in [5, 5.41) is 130. The van der Waals surface area contributed by atoms with Crippen molar-refractivity contribution in [3.63, 3.8) is 0 Å². The van der Waals surface area contributed by atoms with Gasteiger partial charge in [-0.3, -0.25) is 14.5 Å². The highest BCUT2D eigenvalue weighted by Gasteiger charge is 2.53. The van der Waals surface area contributed by atoms with Gasteiger partial charge in [0.05, 0.1) is 31.5 Å². The molecule has 2 saturated heterocycles. The number of nitrogen functional groups attached to an aromatic ring is 1. The number of β-lactam (4-membered cyclic amide) rings is 1. The van der Waals surface area contributed by atoms with E-state index in [0.717, 1.165) is 22.3 Å².